The van der Waals surface area contributed by atoms with Gasteiger partial charge in [-0.05, 0) is 45.8 Å². The molecular weight excluding hydrogens is 356 g/mol. The van der Waals surface area contributed by atoms with Gasteiger partial charge in [0.15, 0.2) is 0 Å². The zero-order chi connectivity index (χ0) is 19.5. The van der Waals surface area contributed by atoms with Crippen molar-refractivity contribution in [2.24, 2.45) is 5.73 Å². The second kappa shape index (κ2) is 7.77. The number of benzene rings is 2. The van der Waals surface area contributed by atoms with Gasteiger partial charge in [0.25, 0.3) is 0 Å². The number of nitrogens with zero attached hydrogens (tertiary/aromatic N) is 5. The van der Waals surface area contributed by atoms with Gasteiger partial charge in [-0.15, -0.1) is 5.10 Å². The van der Waals surface area contributed by atoms with E-state index in [1.54, 1.807) is 11.8 Å². The van der Waals surface area contributed by atoms with Crippen molar-refractivity contribution in [1.82, 2.24) is 25.1 Å². The summed E-state index contributed by atoms with van der Waals surface area (Å²) < 4.78 is 6.78. The Morgan fingerprint density at radius 1 is 1.14 bits per heavy atom. The van der Waals surface area contributed by atoms with Crippen LogP contribution in [0.4, 0.5) is 0 Å². The maximum Gasteiger partial charge on any atom is 0.227 e. The van der Waals surface area contributed by atoms with Crippen LogP contribution in [-0.2, 0) is 11.2 Å². The van der Waals surface area contributed by atoms with Gasteiger partial charge >= 0.3 is 0 Å². The second-order valence-corrected chi connectivity index (χ2v) is 6.94. The van der Waals surface area contributed by atoms with Crippen LogP contribution in [0.25, 0.3) is 5.69 Å². The topological polar surface area (TPSA) is 99.2 Å². The lowest BCUT2D eigenvalue weighted by atomic mass is 9.95. The average molecular weight is 378 g/mol. The quantitative estimate of drug-likeness (QED) is 0.715. The molecule has 8 nitrogen and oxygen atoms in total. The standard InChI is InChI=1S/C20H22N6O2/c1-28-17-8-4-15(5-9-17)18-11-25(12-19(18)21)20(27)10-14-2-6-16(7-3-14)26-13-22-23-24-26/h2-9,13,18-19H,10-12,21H2,1H3/t18-,19+/m1/s1. The Morgan fingerprint density at radius 3 is 2.54 bits per heavy atom. The van der Waals surface area contributed by atoms with Crippen molar-refractivity contribution in [3.8, 4) is 11.4 Å². The molecule has 0 spiro atoms. The molecule has 3 aromatic rings. The molecule has 8 heteroatoms. The summed E-state index contributed by atoms with van der Waals surface area (Å²) in [5.41, 5.74) is 9.26. The summed E-state index contributed by atoms with van der Waals surface area (Å²) in [5.74, 6) is 1.03. The number of amides is 1. The number of hydrogen-bond acceptors (Lipinski definition) is 6. The molecule has 1 aliphatic rings. The molecule has 0 unspecified atom stereocenters. The van der Waals surface area contributed by atoms with Gasteiger partial charge in [-0.25, -0.2) is 4.68 Å². The largest absolute Gasteiger partial charge is 0.497 e. The summed E-state index contributed by atoms with van der Waals surface area (Å²) in [6.07, 6.45) is 1.88. The average Bonchev–Trinajstić information content (AvgIpc) is 3.39. The number of ether oxygens (including phenoxy) is 1. The highest BCUT2D eigenvalue weighted by molar-refractivity contribution is 5.79. The van der Waals surface area contributed by atoms with E-state index in [0.29, 0.717) is 19.5 Å². The molecule has 28 heavy (non-hydrogen) atoms. The zero-order valence-electron chi connectivity index (χ0n) is 15.6. The smallest absolute Gasteiger partial charge is 0.227 e. The maximum absolute atomic E-state index is 12.8. The first-order chi connectivity index (χ1) is 13.6. The summed E-state index contributed by atoms with van der Waals surface area (Å²) in [7, 11) is 1.64. The third-order valence-corrected chi connectivity index (χ3v) is 5.17. The summed E-state index contributed by atoms with van der Waals surface area (Å²) in [5, 5.41) is 11.1. The van der Waals surface area contributed by atoms with Gasteiger partial charge in [-0.1, -0.05) is 24.3 Å². The third-order valence-electron chi connectivity index (χ3n) is 5.17. The molecule has 1 aromatic heterocycles. The molecule has 2 aromatic carbocycles. The number of rotatable bonds is 5. The molecule has 4 rings (SSSR count). The number of likely N-dealkylation sites (tertiary alicyclic amines) is 1. The van der Waals surface area contributed by atoms with E-state index in [9.17, 15) is 4.79 Å². The van der Waals surface area contributed by atoms with E-state index in [-0.39, 0.29) is 17.9 Å². The number of carbonyl (C=O) groups is 1. The van der Waals surface area contributed by atoms with E-state index >= 15 is 0 Å². The van der Waals surface area contributed by atoms with Crippen LogP contribution in [0.5, 0.6) is 5.75 Å². The lowest BCUT2D eigenvalue weighted by Gasteiger charge is -2.17. The van der Waals surface area contributed by atoms with Gasteiger partial charge in [0.2, 0.25) is 5.91 Å². The van der Waals surface area contributed by atoms with Crippen LogP contribution >= 0.6 is 0 Å². The Bertz CT molecular complexity index is 924. The van der Waals surface area contributed by atoms with Crippen LogP contribution in [0.1, 0.15) is 17.0 Å². The first-order valence-electron chi connectivity index (χ1n) is 9.13. The Hall–Kier alpha value is -3.26. The highest BCUT2D eigenvalue weighted by Gasteiger charge is 2.33. The molecular formula is C20H22N6O2. The van der Waals surface area contributed by atoms with Crippen molar-refractivity contribution in [2.75, 3.05) is 20.2 Å². The zero-order valence-corrected chi connectivity index (χ0v) is 15.6. The number of methoxy groups -OCH3 is 1. The molecule has 1 saturated heterocycles. The van der Waals surface area contributed by atoms with Gasteiger partial charge in [0.1, 0.15) is 12.1 Å². The Kier molecular flexibility index (Phi) is 5.03. The second-order valence-electron chi connectivity index (χ2n) is 6.94. The fraction of sp³-hybridized carbons (Fsp3) is 0.300. The molecule has 144 valence electrons. The fourth-order valence-electron chi connectivity index (χ4n) is 3.57. The van der Waals surface area contributed by atoms with Crippen molar-refractivity contribution in [3.05, 3.63) is 66.0 Å². The molecule has 2 atom stereocenters. The van der Waals surface area contributed by atoms with Crippen molar-refractivity contribution >= 4 is 5.91 Å². The first-order valence-corrected chi connectivity index (χ1v) is 9.13. The van der Waals surface area contributed by atoms with E-state index in [0.717, 1.165) is 22.6 Å². The van der Waals surface area contributed by atoms with E-state index in [2.05, 4.69) is 15.5 Å². The Morgan fingerprint density at radius 2 is 1.89 bits per heavy atom. The molecule has 2 N–H and O–H groups in total. The Labute approximate surface area is 162 Å². The van der Waals surface area contributed by atoms with E-state index in [4.69, 9.17) is 10.5 Å². The molecule has 1 aliphatic heterocycles. The van der Waals surface area contributed by atoms with Crippen LogP contribution < -0.4 is 10.5 Å². The van der Waals surface area contributed by atoms with Gasteiger partial charge in [0.05, 0.1) is 19.2 Å². The maximum atomic E-state index is 12.8. The van der Waals surface area contributed by atoms with Crippen LogP contribution in [0.3, 0.4) is 0 Å². The van der Waals surface area contributed by atoms with Crippen LogP contribution in [0.15, 0.2) is 54.9 Å². The number of hydrogen-bond donors (Lipinski definition) is 1. The highest BCUT2D eigenvalue weighted by atomic mass is 16.5. The predicted molar refractivity (Wildman–Crippen MR) is 103 cm³/mol. The van der Waals surface area contributed by atoms with Gasteiger partial charge in [-0.3, -0.25) is 4.79 Å². The minimum atomic E-state index is -0.0699. The normalized spacial score (nSPS) is 19.0. The summed E-state index contributed by atoms with van der Waals surface area (Å²) in [6.45, 7) is 1.20. The SMILES string of the molecule is COc1ccc([C@H]2CN(C(=O)Cc3ccc(-n4cnnn4)cc3)C[C@@H]2N)cc1. The molecule has 0 aliphatic carbocycles. The molecule has 1 amide bonds. The number of aromatic nitrogens is 4. The number of nitrogens with two attached hydrogens (primary N) is 1. The van der Waals surface area contributed by atoms with Crippen molar-refractivity contribution in [2.45, 2.75) is 18.4 Å². The molecule has 1 fully saturated rings. The van der Waals surface area contributed by atoms with Crippen LogP contribution in [0.2, 0.25) is 0 Å². The molecule has 0 bridgehead atoms. The highest BCUT2D eigenvalue weighted by Crippen LogP contribution is 2.28. The monoisotopic (exact) mass is 378 g/mol. The van der Waals surface area contributed by atoms with E-state index in [1.807, 2.05) is 53.4 Å². The van der Waals surface area contributed by atoms with Gasteiger partial charge in [0, 0.05) is 25.0 Å². The van der Waals surface area contributed by atoms with E-state index < -0.39 is 0 Å². The Balaban J connectivity index is 1.39. The minimum absolute atomic E-state index is 0.0699. The number of tetrazole rings is 1. The molecule has 0 saturated carbocycles. The summed E-state index contributed by atoms with van der Waals surface area (Å²) in [4.78, 5) is 14.6. The molecule has 2 heterocycles. The van der Waals surface area contributed by atoms with Gasteiger partial charge < -0.3 is 15.4 Å². The van der Waals surface area contributed by atoms with Crippen LogP contribution in [-0.4, -0.2) is 57.3 Å². The lowest BCUT2D eigenvalue weighted by molar-refractivity contribution is -0.129. The summed E-state index contributed by atoms with van der Waals surface area (Å²) in [6, 6.07) is 15.5. The minimum Gasteiger partial charge on any atom is -0.497 e. The third kappa shape index (κ3) is 3.72. The molecule has 0 radical (unpaired) electrons. The fourth-order valence-corrected chi connectivity index (χ4v) is 3.57. The predicted octanol–water partition coefficient (Wildman–Crippen LogP) is 1.17. The van der Waals surface area contributed by atoms with Crippen molar-refractivity contribution in [3.63, 3.8) is 0 Å². The summed E-state index contributed by atoms with van der Waals surface area (Å²) >= 11 is 0. The van der Waals surface area contributed by atoms with Crippen molar-refractivity contribution < 1.29 is 9.53 Å². The van der Waals surface area contributed by atoms with Crippen molar-refractivity contribution in [1.29, 1.82) is 0 Å². The van der Waals surface area contributed by atoms with Crippen LogP contribution in [0, 0.1) is 0 Å². The first kappa shape index (κ1) is 18.1. The van der Waals surface area contributed by atoms with Gasteiger partial charge in [-0.2, -0.15) is 0 Å². The lowest BCUT2D eigenvalue weighted by Crippen LogP contribution is -2.33. The van der Waals surface area contributed by atoms with E-state index in [1.165, 1.54) is 6.33 Å². The number of carbonyl (C=O) groups excluding carboxylic acids is 1.